The van der Waals surface area contributed by atoms with Gasteiger partial charge in [-0.3, -0.25) is 4.79 Å². The molecule has 1 atom stereocenters. The van der Waals surface area contributed by atoms with E-state index < -0.39 is 0 Å². The van der Waals surface area contributed by atoms with Gasteiger partial charge < -0.3 is 11.1 Å². The molecule has 0 aliphatic heterocycles. The highest BCUT2D eigenvalue weighted by Gasteiger charge is 2.22. The number of halogens is 1. The normalized spacial score (nSPS) is 13.2. The van der Waals surface area contributed by atoms with E-state index >= 15 is 0 Å². The molecule has 0 bridgehead atoms. The summed E-state index contributed by atoms with van der Waals surface area (Å²) in [6, 6.07) is 5.88. The number of benzene rings is 1. The van der Waals surface area contributed by atoms with Crippen LogP contribution in [0.3, 0.4) is 0 Å². The van der Waals surface area contributed by atoms with E-state index in [4.69, 9.17) is 5.73 Å². The molecule has 1 rings (SSSR count). The highest BCUT2D eigenvalue weighted by molar-refractivity contribution is 5.76. The van der Waals surface area contributed by atoms with E-state index in [1.165, 1.54) is 12.1 Å². The predicted molar refractivity (Wildman–Crippen MR) is 70.3 cm³/mol. The van der Waals surface area contributed by atoms with Crippen molar-refractivity contribution in [2.45, 2.75) is 39.8 Å². The third-order valence-electron chi connectivity index (χ3n) is 2.92. The van der Waals surface area contributed by atoms with Gasteiger partial charge in [0.2, 0.25) is 5.91 Å². The lowest BCUT2D eigenvalue weighted by atomic mass is 9.85. The molecule has 0 saturated carbocycles. The molecule has 0 radical (unpaired) electrons. The van der Waals surface area contributed by atoms with Crippen LogP contribution in [0, 0.1) is 11.2 Å². The molecule has 0 fully saturated rings. The number of hydrogen-bond donors (Lipinski definition) is 2. The zero-order valence-electron chi connectivity index (χ0n) is 11.2. The van der Waals surface area contributed by atoms with Gasteiger partial charge in [0, 0.05) is 19.0 Å². The maximum absolute atomic E-state index is 12.7. The van der Waals surface area contributed by atoms with Crippen LogP contribution < -0.4 is 11.1 Å². The summed E-state index contributed by atoms with van der Waals surface area (Å²) in [5.74, 6) is -0.360. The van der Waals surface area contributed by atoms with Crippen molar-refractivity contribution in [3.63, 3.8) is 0 Å². The molecule has 3 nitrogen and oxygen atoms in total. The van der Waals surface area contributed by atoms with Crippen molar-refractivity contribution in [3.8, 4) is 0 Å². The van der Waals surface area contributed by atoms with Crippen molar-refractivity contribution in [1.29, 1.82) is 0 Å². The van der Waals surface area contributed by atoms with Crippen LogP contribution in [0.5, 0.6) is 0 Å². The maximum atomic E-state index is 12.7. The summed E-state index contributed by atoms with van der Waals surface area (Å²) < 4.78 is 12.7. The zero-order valence-corrected chi connectivity index (χ0v) is 11.2. The minimum atomic E-state index is -0.278. The quantitative estimate of drug-likeness (QED) is 0.863. The molecule has 1 aromatic carbocycles. The summed E-state index contributed by atoms with van der Waals surface area (Å²) in [7, 11) is 0. The van der Waals surface area contributed by atoms with Crippen LogP contribution in [0.4, 0.5) is 4.39 Å². The maximum Gasteiger partial charge on any atom is 0.221 e. The van der Waals surface area contributed by atoms with Gasteiger partial charge in [0.25, 0.3) is 0 Å². The monoisotopic (exact) mass is 252 g/mol. The molecule has 0 heterocycles. The molecular weight excluding hydrogens is 231 g/mol. The number of nitrogens with one attached hydrogen (secondary N) is 1. The molecule has 0 aromatic heterocycles. The lowest BCUT2D eigenvalue weighted by molar-refractivity contribution is -0.122. The fraction of sp³-hybridized carbons (Fsp3) is 0.500. The molecule has 0 aliphatic carbocycles. The average molecular weight is 252 g/mol. The van der Waals surface area contributed by atoms with Crippen LogP contribution in [0.25, 0.3) is 0 Å². The van der Waals surface area contributed by atoms with Gasteiger partial charge in [-0.25, -0.2) is 4.39 Å². The number of carbonyl (C=O) groups is 1. The van der Waals surface area contributed by atoms with E-state index in [2.05, 4.69) is 5.32 Å². The smallest absolute Gasteiger partial charge is 0.221 e. The van der Waals surface area contributed by atoms with Crippen LogP contribution in [-0.4, -0.2) is 11.9 Å². The fourth-order valence-corrected chi connectivity index (χ4v) is 1.38. The zero-order chi connectivity index (χ0) is 13.8. The minimum absolute atomic E-state index is 0.0817. The summed E-state index contributed by atoms with van der Waals surface area (Å²) >= 11 is 0. The van der Waals surface area contributed by atoms with Crippen LogP contribution in [0.2, 0.25) is 0 Å². The van der Waals surface area contributed by atoms with Gasteiger partial charge >= 0.3 is 0 Å². The summed E-state index contributed by atoms with van der Waals surface area (Å²) in [4.78, 5) is 11.7. The lowest BCUT2D eigenvalue weighted by Gasteiger charge is -2.26. The number of carbonyl (C=O) groups excluding carboxylic acids is 1. The molecule has 4 heteroatoms. The van der Waals surface area contributed by atoms with E-state index in [0.717, 1.165) is 5.56 Å². The van der Waals surface area contributed by atoms with E-state index in [1.54, 1.807) is 12.1 Å². The third-order valence-corrected chi connectivity index (χ3v) is 2.92. The number of nitrogens with two attached hydrogens (primary N) is 1. The van der Waals surface area contributed by atoms with Gasteiger partial charge in [-0.05, 0) is 23.1 Å². The molecule has 3 N–H and O–H groups in total. The molecule has 0 saturated heterocycles. The topological polar surface area (TPSA) is 55.1 Å². The van der Waals surface area contributed by atoms with Gasteiger partial charge in [0.05, 0.1) is 0 Å². The molecule has 1 amide bonds. The first-order valence-corrected chi connectivity index (χ1v) is 6.06. The van der Waals surface area contributed by atoms with Crippen LogP contribution >= 0.6 is 0 Å². The van der Waals surface area contributed by atoms with E-state index in [-0.39, 0.29) is 23.2 Å². The molecule has 0 spiro atoms. The Morgan fingerprint density at radius 3 is 2.39 bits per heavy atom. The van der Waals surface area contributed by atoms with Crippen LogP contribution in [0.15, 0.2) is 24.3 Å². The summed E-state index contributed by atoms with van der Waals surface area (Å²) in [6.45, 7) is 6.41. The molecule has 18 heavy (non-hydrogen) atoms. The second kappa shape index (κ2) is 5.96. The van der Waals surface area contributed by atoms with Gasteiger partial charge in [0.1, 0.15) is 5.82 Å². The van der Waals surface area contributed by atoms with Gasteiger partial charge in [-0.1, -0.05) is 32.9 Å². The van der Waals surface area contributed by atoms with Crippen molar-refractivity contribution >= 4 is 5.91 Å². The summed E-state index contributed by atoms with van der Waals surface area (Å²) in [5.41, 5.74) is 6.71. The van der Waals surface area contributed by atoms with Crippen molar-refractivity contribution in [2.24, 2.45) is 11.1 Å². The van der Waals surface area contributed by atoms with Crippen molar-refractivity contribution < 1.29 is 9.18 Å². The first-order valence-electron chi connectivity index (χ1n) is 6.06. The Morgan fingerprint density at radius 2 is 1.89 bits per heavy atom. The SMILES string of the molecule is CC(C)(C)C(N)CC(=O)NCc1ccc(F)cc1. The summed E-state index contributed by atoms with van der Waals surface area (Å²) in [5, 5.41) is 2.78. The average Bonchev–Trinajstić information content (AvgIpc) is 2.27. The Kier molecular flexibility index (Phi) is 4.84. The van der Waals surface area contributed by atoms with Crippen molar-refractivity contribution in [1.82, 2.24) is 5.32 Å². The number of amides is 1. The second-order valence-electron chi connectivity index (χ2n) is 5.58. The fourth-order valence-electron chi connectivity index (χ4n) is 1.38. The Balaban J connectivity index is 2.40. The molecule has 1 aromatic rings. The predicted octanol–water partition coefficient (Wildman–Crippen LogP) is 2.21. The Labute approximate surface area is 108 Å². The molecule has 0 aliphatic rings. The number of rotatable bonds is 4. The van der Waals surface area contributed by atoms with Gasteiger partial charge in [-0.2, -0.15) is 0 Å². The molecular formula is C14H21FN2O. The molecule has 1 unspecified atom stereocenters. The van der Waals surface area contributed by atoms with Gasteiger partial charge in [0.15, 0.2) is 0 Å². The third kappa shape index (κ3) is 4.84. The van der Waals surface area contributed by atoms with E-state index in [9.17, 15) is 9.18 Å². The first kappa shape index (κ1) is 14.6. The largest absolute Gasteiger partial charge is 0.352 e. The van der Waals surface area contributed by atoms with Crippen molar-refractivity contribution in [2.75, 3.05) is 0 Å². The van der Waals surface area contributed by atoms with E-state index in [1.807, 2.05) is 20.8 Å². The standard InChI is InChI=1S/C14H21FN2O/c1-14(2,3)12(16)8-13(18)17-9-10-4-6-11(15)7-5-10/h4-7,12H,8-9,16H2,1-3H3,(H,17,18). The highest BCUT2D eigenvalue weighted by Crippen LogP contribution is 2.19. The van der Waals surface area contributed by atoms with Gasteiger partial charge in [-0.15, -0.1) is 0 Å². The van der Waals surface area contributed by atoms with E-state index in [0.29, 0.717) is 13.0 Å². The van der Waals surface area contributed by atoms with Crippen LogP contribution in [-0.2, 0) is 11.3 Å². The minimum Gasteiger partial charge on any atom is -0.352 e. The second-order valence-corrected chi connectivity index (χ2v) is 5.58. The molecule has 100 valence electrons. The summed E-state index contributed by atoms with van der Waals surface area (Å²) in [6.07, 6.45) is 0.296. The van der Waals surface area contributed by atoms with Crippen molar-refractivity contribution in [3.05, 3.63) is 35.6 Å². The van der Waals surface area contributed by atoms with Crippen LogP contribution in [0.1, 0.15) is 32.8 Å². The Bertz CT molecular complexity index is 395. The highest BCUT2D eigenvalue weighted by atomic mass is 19.1. The first-order chi connectivity index (χ1) is 8.29. The Morgan fingerprint density at radius 1 is 1.33 bits per heavy atom. The lowest BCUT2D eigenvalue weighted by Crippen LogP contribution is -2.40. The number of hydrogen-bond acceptors (Lipinski definition) is 2. The Hall–Kier alpha value is -1.42.